The Kier molecular flexibility index (Phi) is 7.83. The molecule has 2 aromatic rings. The highest BCUT2D eigenvalue weighted by Crippen LogP contribution is 2.33. The summed E-state index contributed by atoms with van der Waals surface area (Å²) in [5.74, 6) is -2.54. The second kappa shape index (κ2) is 10.9. The molecule has 2 aliphatic heterocycles. The molecule has 4 rings (SSSR count). The quantitative estimate of drug-likeness (QED) is 0.545. The SMILES string of the molecule is Cc1cnc(NC(=O)N(C)[C@H]2CN(c3nccc(NC(=O)O[C@@H]4CCNC[C@H]4C)n3)CCC2(F)F)s1. The van der Waals surface area contributed by atoms with Crippen molar-refractivity contribution >= 4 is 40.4 Å². The number of carbonyl (C=O) groups is 2. The molecule has 2 saturated heterocycles. The van der Waals surface area contributed by atoms with E-state index in [1.807, 2.05) is 13.8 Å². The molecule has 0 radical (unpaired) electrons. The Labute approximate surface area is 211 Å². The van der Waals surface area contributed by atoms with Crippen molar-refractivity contribution in [3.8, 4) is 0 Å². The fourth-order valence-corrected chi connectivity index (χ4v) is 4.87. The van der Waals surface area contributed by atoms with Gasteiger partial charge in [-0.1, -0.05) is 6.92 Å². The lowest BCUT2D eigenvalue weighted by Gasteiger charge is -2.42. The van der Waals surface area contributed by atoms with E-state index in [0.29, 0.717) is 5.13 Å². The number of hydrogen-bond acceptors (Lipinski definition) is 9. The van der Waals surface area contributed by atoms with Gasteiger partial charge in [0, 0.05) is 56.3 Å². The molecule has 2 aromatic heterocycles. The maximum Gasteiger partial charge on any atom is 0.413 e. The van der Waals surface area contributed by atoms with Crippen LogP contribution in [-0.2, 0) is 4.74 Å². The molecule has 14 heteroatoms. The Balaban J connectivity index is 1.40. The number of aromatic nitrogens is 3. The monoisotopic (exact) mass is 524 g/mol. The molecule has 0 aromatic carbocycles. The number of anilines is 3. The number of nitrogens with one attached hydrogen (secondary N) is 3. The van der Waals surface area contributed by atoms with Crippen LogP contribution in [0.25, 0.3) is 0 Å². The van der Waals surface area contributed by atoms with E-state index in [1.165, 1.54) is 30.6 Å². The second-order valence-electron chi connectivity index (χ2n) is 9.07. The van der Waals surface area contributed by atoms with Crippen LogP contribution in [0.1, 0.15) is 24.6 Å². The topological polar surface area (TPSA) is 125 Å². The standard InChI is InChI=1S/C22H30F2N8O3S/c1-13-10-25-7-4-15(13)35-21(34)29-17-5-8-26-18(28-17)32-9-6-22(23,24)16(12-32)31(3)20(33)30-19-27-11-14(2)36-19/h5,8,11,13,15-16,25H,4,6-7,9-10,12H2,1-3H3,(H,27,30,33)(H,26,28,29,34)/t13-,15-,16+/m1/s1. The first-order chi connectivity index (χ1) is 17.1. The van der Waals surface area contributed by atoms with Gasteiger partial charge in [0.05, 0.1) is 0 Å². The zero-order valence-electron chi connectivity index (χ0n) is 20.3. The average Bonchev–Trinajstić information content (AvgIpc) is 3.24. The third-order valence-electron chi connectivity index (χ3n) is 6.34. The van der Waals surface area contributed by atoms with E-state index >= 15 is 0 Å². The molecule has 3 atom stereocenters. The predicted molar refractivity (Wildman–Crippen MR) is 132 cm³/mol. The first-order valence-electron chi connectivity index (χ1n) is 11.7. The number of hydrogen-bond donors (Lipinski definition) is 3. The largest absolute Gasteiger partial charge is 0.446 e. The van der Waals surface area contributed by atoms with Crippen LogP contribution in [0.15, 0.2) is 18.5 Å². The summed E-state index contributed by atoms with van der Waals surface area (Å²) in [7, 11) is 1.33. The lowest BCUT2D eigenvalue weighted by atomic mass is 9.98. The van der Waals surface area contributed by atoms with E-state index in [1.54, 1.807) is 11.1 Å². The number of piperidine rings is 2. The Hall–Kier alpha value is -3.13. The summed E-state index contributed by atoms with van der Waals surface area (Å²) in [4.78, 5) is 41.1. The summed E-state index contributed by atoms with van der Waals surface area (Å²) < 4.78 is 35.2. The molecule has 0 aliphatic carbocycles. The summed E-state index contributed by atoms with van der Waals surface area (Å²) in [6, 6.07) is -0.594. The van der Waals surface area contributed by atoms with E-state index in [-0.39, 0.29) is 36.9 Å². The smallest absolute Gasteiger partial charge is 0.413 e. The third kappa shape index (κ3) is 6.16. The van der Waals surface area contributed by atoms with E-state index < -0.39 is 30.5 Å². The Morgan fingerprint density at radius 3 is 2.86 bits per heavy atom. The molecule has 3 N–H and O–H groups in total. The van der Waals surface area contributed by atoms with Crippen LogP contribution in [0.3, 0.4) is 0 Å². The maximum absolute atomic E-state index is 14.8. The fraction of sp³-hybridized carbons (Fsp3) is 0.591. The van der Waals surface area contributed by atoms with Crippen molar-refractivity contribution in [3.05, 3.63) is 23.3 Å². The molecule has 4 heterocycles. The Morgan fingerprint density at radius 1 is 1.33 bits per heavy atom. The van der Waals surface area contributed by atoms with Crippen molar-refractivity contribution in [1.29, 1.82) is 0 Å². The number of alkyl halides is 2. The van der Waals surface area contributed by atoms with Gasteiger partial charge in [0.2, 0.25) is 5.95 Å². The minimum Gasteiger partial charge on any atom is -0.446 e. The first-order valence-corrected chi connectivity index (χ1v) is 12.5. The number of nitrogens with zero attached hydrogens (tertiary/aromatic N) is 5. The van der Waals surface area contributed by atoms with Gasteiger partial charge in [-0.25, -0.2) is 28.3 Å². The fourth-order valence-electron chi connectivity index (χ4n) is 4.21. The normalized spacial score (nSPS) is 23.6. The number of urea groups is 1. The van der Waals surface area contributed by atoms with Gasteiger partial charge in [-0.3, -0.25) is 10.6 Å². The lowest BCUT2D eigenvalue weighted by Crippen LogP contribution is -2.60. The van der Waals surface area contributed by atoms with Crippen LogP contribution in [-0.4, -0.2) is 83.3 Å². The number of amides is 3. The van der Waals surface area contributed by atoms with Gasteiger partial charge in [-0.05, 0) is 26.0 Å². The van der Waals surface area contributed by atoms with Gasteiger partial charge in [0.1, 0.15) is 18.0 Å². The molecule has 0 saturated carbocycles. The summed E-state index contributed by atoms with van der Waals surface area (Å²) in [6.07, 6.45) is 2.44. The highest BCUT2D eigenvalue weighted by atomic mass is 32.1. The summed E-state index contributed by atoms with van der Waals surface area (Å²) >= 11 is 1.26. The molecular formula is C22H30F2N8O3S. The maximum atomic E-state index is 14.8. The van der Waals surface area contributed by atoms with Crippen molar-refractivity contribution in [1.82, 2.24) is 25.2 Å². The molecule has 0 unspecified atom stereocenters. The Morgan fingerprint density at radius 2 is 2.14 bits per heavy atom. The van der Waals surface area contributed by atoms with Crippen molar-refractivity contribution in [2.75, 3.05) is 48.8 Å². The molecular weight excluding hydrogens is 494 g/mol. The molecule has 3 amide bonds. The number of thiazole rings is 1. The van der Waals surface area contributed by atoms with Gasteiger partial charge < -0.3 is 19.9 Å². The van der Waals surface area contributed by atoms with Gasteiger partial charge in [0.25, 0.3) is 5.92 Å². The van der Waals surface area contributed by atoms with Crippen LogP contribution in [0.5, 0.6) is 0 Å². The second-order valence-corrected chi connectivity index (χ2v) is 10.3. The summed E-state index contributed by atoms with van der Waals surface area (Å²) in [6.45, 7) is 5.19. The van der Waals surface area contributed by atoms with Crippen molar-refractivity contribution in [2.45, 2.75) is 44.8 Å². The number of likely N-dealkylation sites (N-methyl/N-ethyl adjacent to an activating group) is 1. The van der Waals surface area contributed by atoms with Crippen molar-refractivity contribution in [2.24, 2.45) is 5.92 Å². The first kappa shape index (κ1) is 25.9. The van der Waals surface area contributed by atoms with Crippen LogP contribution in [0.4, 0.5) is 35.3 Å². The van der Waals surface area contributed by atoms with Gasteiger partial charge >= 0.3 is 12.1 Å². The number of ether oxygens (including phenoxy) is 1. The highest BCUT2D eigenvalue weighted by Gasteiger charge is 2.48. The molecule has 0 spiro atoms. The molecule has 196 valence electrons. The van der Waals surface area contributed by atoms with Crippen LogP contribution >= 0.6 is 11.3 Å². The third-order valence-corrected chi connectivity index (χ3v) is 7.17. The molecule has 11 nitrogen and oxygen atoms in total. The molecule has 2 aliphatic rings. The minimum absolute atomic E-state index is 0.00881. The zero-order valence-corrected chi connectivity index (χ0v) is 21.1. The average molecular weight is 525 g/mol. The highest BCUT2D eigenvalue weighted by molar-refractivity contribution is 7.15. The van der Waals surface area contributed by atoms with E-state index in [0.717, 1.165) is 29.3 Å². The molecule has 0 bridgehead atoms. The van der Waals surface area contributed by atoms with Crippen LogP contribution in [0, 0.1) is 12.8 Å². The zero-order chi connectivity index (χ0) is 25.9. The minimum atomic E-state index is -3.10. The van der Waals surface area contributed by atoms with E-state index in [4.69, 9.17) is 4.74 Å². The lowest BCUT2D eigenvalue weighted by molar-refractivity contribution is -0.0760. The van der Waals surface area contributed by atoms with Gasteiger partial charge in [0.15, 0.2) is 5.13 Å². The van der Waals surface area contributed by atoms with Gasteiger partial charge in [-0.15, -0.1) is 11.3 Å². The number of carbonyl (C=O) groups excluding carboxylic acids is 2. The predicted octanol–water partition coefficient (Wildman–Crippen LogP) is 3.17. The van der Waals surface area contributed by atoms with Crippen molar-refractivity contribution < 1.29 is 23.1 Å². The van der Waals surface area contributed by atoms with E-state index in [2.05, 4.69) is 30.9 Å². The van der Waals surface area contributed by atoms with Crippen LogP contribution < -0.4 is 20.9 Å². The van der Waals surface area contributed by atoms with E-state index in [9.17, 15) is 18.4 Å². The van der Waals surface area contributed by atoms with Crippen LogP contribution in [0.2, 0.25) is 0 Å². The number of aryl methyl sites for hydroxylation is 1. The molecule has 2 fully saturated rings. The van der Waals surface area contributed by atoms with Crippen molar-refractivity contribution in [3.63, 3.8) is 0 Å². The number of halogens is 2. The Bertz CT molecular complexity index is 1090. The number of rotatable bonds is 5. The summed E-state index contributed by atoms with van der Waals surface area (Å²) in [5, 5.41) is 8.75. The molecule has 36 heavy (non-hydrogen) atoms. The summed E-state index contributed by atoms with van der Waals surface area (Å²) in [5.41, 5.74) is 0. The van der Waals surface area contributed by atoms with Gasteiger partial charge in [-0.2, -0.15) is 4.98 Å².